The van der Waals surface area contributed by atoms with E-state index in [2.05, 4.69) is 20.6 Å². The van der Waals surface area contributed by atoms with E-state index in [0.717, 1.165) is 10.9 Å². The summed E-state index contributed by atoms with van der Waals surface area (Å²) in [6.45, 7) is -0.239. The first kappa shape index (κ1) is 20.8. The van der Waals surface area contributed by atoms with Gasteiger partial charge in [-0.15, -0.1) is 0 Å². The number of rotatable bonds is 8. The van der Waals surface area contributed by atoms with Gasteiger partial charge in [0.1, 0.15) is 10.8 Å². The van der Waals surface area contributed by atoms with Gasteiger partial charge in [-0.3, -0.25) is 9.59 Å². The van der Waals surface area contributed by atoms with Crippen LogP contribution in [0.1, 0.15) is 16.1 Å². The van der Waals surface area contributed by atoms with Crippen LogP contribution >= 0.6 is 11.6 Å². The third-order valence-electron chi connectivity index (χ3n) is 4.39. The zero-order valence-electron chi connectivity index (χ0n) is 15.4. The molecule has 0 aliphatic heterocycles. The van der Waals surface area contributed by atoms with Gasteiger partial charge < -0.3 is 25.8 Å². The van der Waals surface area contributed by atoms with Crippen molar-refractivity contribution in [2.75, 3.05) is 13.2 Å². The summed E-state index contributed by atoms with van der Waals surface area (Å²) in [4.78, 5) is 31.8. The van der Waals surface area contributed by atoms with Crippen molar-refractivity contribution < 1.29 is 19.8 Å². The Balaban J connectivity index is 1.80. The standard InChI is InChI=1S/C20H21ClN4O4/c21-17-10-13-9-15(24-16(13)11-23-17)19(28)25-14(8-12-4-2-1-3-5-12)18(27)20(29)22-6-7-26/h1-5,9-11,14,18,24,26-27H,6-8H2,(H,22,29)(H,25,28)/t14-,18+/m0/s1. The smallest absolute Gasteiger partial charge is 0.268 e. The minimum absolute atomic E-state index is 0.0116. The summed E-state index contributed by atoms with van der Waals surface area (Å²) in [5, 5.41) is 25.5. The number of nitrogens with zero attached hydrogens (tertiary/aromatic N) is 1. The van der Waals surface area contributed by atoms with Crippen molar-refractivity contribution in [1.29, 1.82) is 0 Å². The van der Waals surface area contributed by atoms with E-state index >= 15 is 0 Å². The van der Waals surface area contributed by atoms with Gasteiger partial charge in [0.05, 0.1) is 24.4 Å². The normalized spacial score (nSPS) is 13.1. The lowest BCUT2D eigenvalue weighted by Gasteiger charge is -2.23. The molecule has 29 heavy (non-hydrogen) atoms. The molecule has 2 aromatic heterocycles. The number of fused-ring (bicyclic) bond motifs is 1. The van der Waals surface area contributed by atoms with Crippen molar-refractivity contribution in [2.45, 2.75) is 18.6 Å². The van der Waals surface area contributed by atoms with Crippen LogP contribution in [-0.4, -0.2) is 57.3 Å². The Morgan fingerprint density at radius 2 is 1.97 bits per heavy atom. The van der Waals surface area contributed by atoms with Crippen LogP contribution in [0.5, 0.6) is 0 Å². The monoisotopic (exact) mass is 416 g/mol. The number of aliphatic hydroxyl groups is 2. The number of halogens is 1. The number of benzene rings is 1. The minimum Gasteiger partial charge on any atom is -0.395 e. The van der Waals surface area contributed by atoms with Crippen LogP contribution in [0, 0.1) is 0 Å². The van der Waals surface area contributed by atoms with Gasteiger partial charge in [0.2, 0.25) is 0 Å². The van der Waals surface area contributed by atoms with E-state index in [9.17, 15) is 14.7 Å². The second kappa shape index (κ2) is 9.51. The van der Waals surface area contributed by atoms with E-state index in [1.165, 1.54) is 6.20 Å². The third kappa shape index (κ3) is 5.32. The SMILES string of the molecule is O=C(N[C@@H](Cc1ccccc1)[C@@H](O)C(=O)NCCO)c1cc2cc(Cl)ncc2[nH]1. The molecule has 0 aliphatic rings. The van der Waals surface area contributed by atoms with Gasteiger partial charge in [-0.2, -0.15) is 0 Å². The predicted octanol–water partition coefficient (Wildman–Crippen LogP) is 1.03. The summed E-state index contributed by atoms with van der Waals surface area (Å²) in [6.07, 6.45) is 0.271. The molecule has 0 saturated carbocycles. The molecule has 152 valence electrons. The molecule has 0 fully saturated rings. The van der Waals surface area contributed by atoms with E-state index in [1.54, 1.807) is 12.1 Å². The minimum atomic E-state index is -1.49. The number of aliphatic hydroxyl groups excluding tert-OH is 2. The quantitative estimate of drug-likeness (QED) is 0.350. The van der Waals surface area contributed by atoms with E-state index < -0.39 is 24.0 Å². The van der Waals surface area contributed by atoms with Gasteiger partial charge in [-0.05, 0) is 24.1 Å². The average molecular weight is 417 g/mol. The fourth-order valence-corrected chi connectivity index (χ4v) is 3.12. The maximum atomic E-state index is 12.8. The zero-order chi connectivity index (χ0) is 20.8. The highest BCUT2D eigenvalue weighted by molar-refractivity contribution is 6.30. The Kier molecular flexibility index (Phi) is 6.82. The molecule has 9 heteroatoms. The highest BCUT2D eigenvalue weighted by Gasteiger charge is 2.28. The van der Waals surface area contributed by atoms with Crippen molar-refractivity contribution in [3.63, 3.8) is 0 Å². The Hall–Kier alpha value is -2.94. The second-order valence-electron chi connectivity index (χ2n) is 6.51. The van der Waals surface area contributed by atoms with Crippen LogP contribution in [0.15, 0.2) is 48.7 Å². The largest absolute Gasteiger partial charge is 0.395 e. The van der Waals surface area contributed by atoms with Crippen LogP contribution in [0.4, 0.5) is 0 Å². The Labute approximate surface area is 171 Å². The predicted molar refractivity (Wildman–Crippen MR) is 109 cm³/mol. The lowest BCUT2D eigenvalue weighted by atomic mass is 10.0. The summed E-state index contributed by atoms with van der Waals surface area (Å²) in [7, 11) is 0. The van der Waals surface area contributed by atoms with E-state index in [-0.39, 0.29) is 25.3 Å². The first-order valence-corrected chi connectivity index (χ1v) is 9.41. The molecule has 2 heterocycles. The van der Waals surface area contributed by atoms with Crippen molar-refractivity contribution in [3.05, 3.63) is 65.1 Å². The molecule has 8 nitrogen and oxygen atoms in total. The van der Waals surface area contributed by atoms with Gasteiger partial charge in [0.15, 0.2) is 6.10 Å². The molecule has 0 unspecified atom stereocenters. The fourth-order valence-electron chi connectivity index (χ4n) is 2.95. The molecule has 0 aliphatic carbocycles. The number of hydrogen-bond donors (Lipinski definition) is 5. The topological polar surface area (TPSA) is 127 Å². The second-order valence-corrected chi connectivity index (χ2v) is 6.89. The highest BCUT2D eigenvalue weighted by Crippen LogP contribution is 2.18. The molecule has 1 aromatic carbocycles. The molecular weight excluding hydrogens is 396 g/mol. The van der Waals surface area contributed by atoms with Gasteiger partial charge >= 0.3 is 0 Å². The molecule has 0 saturated heterocycles. The number of hydrogen-bond acceptors (Lipinski definition) is 5. The molecule has 3 rings (SSSR count). The number of pyridine rings is 1. The number of aromatic amines is 1. The summed E-state index contributed by atoms with van der Waals surface area (Å²) >= 11 is 5.88. The fraction of sp³-hybridized carbons (Fsp3) is 0.250. The molecule has 0 bridgehead atoms. The van der Waals surface area contributed by atoms with Crippen LogP contribution in [0.25, 0.3) is 10.9 Å². The molecule has 3 aromatic rings. The summed E-state index contributed by atoms with van der Waals surface area (Å²) < 4.78 is 0. The Morgan fingerprint density at radius 3 is 2.69 bits per heavy atom. The van der Waals surface area contributed by atoms with Crippen LogP contribution in [0.3, 0.4) is 0 Å². The Morgan fingerprint density at radius 1 is 1.21 bits per heavy atom. The van der Waals surface area contributed by atoms with E-state index in [0.29, 0.717) is 10.7 Å². The molecule has 2 amide bonds. The summed E-state index contributed by atoms with van der Waals surface area (Å²) in [5.41, 5.74) is 1.74. The molecule has 0 spiro atoms. The van der Waals surface area contributed by atoms with Gasteiger partial charge in [0.25, 0.3) is 11.8 Å². The maximum Gasteiger partial charge on any atom is 0.268 e. The molecular formula is C20H21ClN4O4. The van der Waals surface area contributed by atoms with Gasteiger partial charge in [0, 0.05) is 11.9 Å². The van der Waals surface area contributed by atoms with E-state index in [1.807, 2.05) is 30.3 Å². The average Bonchev–Trinajstić information content (AvgIpc) is 3.15. The van der Waals surface area contributed by atoms with Crippen molar-refractivity contribution in [1.82, 2.24) is 20.6 Å². The first-order chi connectivity index (χ1) is 14.0. The lowest BCUT2D eigenvalue weighted by molar-refractivity contribution is -0.130. The van der Waals surface area contributed by atoms with E-state index in [4.69, 9.17) is 16.7 Å². The summed E-state index contributed by atoms with van der Waals surface area (Å²) in [6, 6.07) is 11.6. The van der Waals surface area contributed by atoms with Gasteiger partial charge in [-0.1, -0.05) is 41.9 Å². The van der Waals surface area contributed by atoms with Crippen LogP contribution in [0.2, 0.25) is 5.15 Å². The number of carbonyl (C=O) groups is 2. The maximum absolute atomic E-state index is 12.8. The van der Waals surface area contributed by atoms with Crippen LogP contribution in [-0.2, 0) is 11.2 Å². The van der Waals surface area contributed by atoms with Crippen molar-refractivity contribution in [2.24, 2.45) is 0 Å². The zero-order valence-corrected chi connectivity index (χ0v) is 16.2. The number of H-pyrrole nitrogens is 1. The lowest BCUT2D eigenvalue weighted by Crippen LogP contribution is -2.52. The van der Waals surface area contributed by atoms with Crippen molar-refractivity contribution >= 4 is 34.3 Å². The molecule has 5 N–H and O–H groups in total. The molecule has 2 atom stereocenters. The number of carbonyl (C=O) groups excluding carboxylic acids is 2. The van der Waals surface area contributed by atoms with Crippen molar-refractivity contribution in [3.8, 4) is 0 Å². The number of amides is 2. The van der Waals surface area contributed by atoms with Gasteiger partial charge in [-0.25, -0.2) is 4.98 Å². The third-order valence-corrected chi connectivity index (χ3v) is 4.60. The summed E-state index contributed by atoms with van der Waals surface area (Å²) in [5.74, 6) is -1.15. The number of aromatic nitrogens is 2. The Bertz CT molecular complexity index is 993. The van der Waals surface area contributed by atoms with Crippen LogP contribution < -0.4 is 10.6 Å². The molecule has 0 radical (unpaired) electrons. The number of nitrogens with one attached hydrogen (secondary N) is 3. The first-order valence-electron chi connectivity index (χ1n) is 9.03. The highest BCUT2D eigenvalue weighted by atomic mass is 35.5.